The van der Waals surface area contributed by atoms with Crippen molar-refractivity contribution in [3.8, 4) is 0 Å². The molecule has 0 radical (unpaired) electrons. The number of nitrogens with zero attached hydrogens (tertiary/aromatic N) is 1. The van der Waals surface area contributed by atoms with Crippen LogP contribution in [0, 0.1) is 0 Å². The molecular weight excluding hydrogens is 216 g/mol. The Balaban J connectivity index is 1.75. The SMILES string of the molecule is CC(CC1COCCN1)N(C)C1CCOCC1. The molecule has 0 aromatic heterocycles. The summed E-state index contributed by atoms with van der Waals surface area (Å²) in [7, 11) is 2.25. The number of hydrogen-bond donors (Lipinski definition) is 1. The molecule has 0 aliphatic carbocycles. The second-order valence-electron chi connectivity index (χ2n) is 5.32. The van der Waals surface area contributed by atoms with Gasteiger partial charge in [0, 0.05) is 37.9 Å². The van der Waals surface area contributed by atoms with E-state index >= 15 is 0 Å². The molecule has 2 heterocycles. The summed E-state index contributed by atoms with van der Waals surface area (Å²) in [4.78, 5) is 2.53. The lowest BCUT2D eigenvalue weighted by atomic mass is 10.0. The molecule has 4 nitrogen and oxygen atoms in total. The lowest BCUT2D eigenvalue weighted by Gasteiger charge is -2.37. The Morgan fingerprint density at radius 1 is 1.24 bits per heavy atom. The van der Waals surface area contributed by atoms with Gasteiger partial charge in [-0.2, -0.15) is 0 Å². The average Bonchev–Trinajstić information content (AvgIpc) is 2.40. The van der Waals surface area contributed by atoms with Gasteiger partial charge in [0.25, 0.3) is 0 Å². The van der Waals surface area contributed by atoms with E-state index in [0.717, 1.165) is 33.0 Å². The second kappa shape index (κ2) is 6.69. The van der Waals surface area contributed by atoms with E-state index in [2.05, 4.69) is 24.2 Å². The third-order valence-electron chi connectivity index (χ3n) is 4.09. The smallest absolute Gasteiger partial charge is 0.0620 e. The van der Waals surface area contributed by atoms with Crippen molar-refractivity contribution in [1.29, 1.82) is 0 Å². The first-order chi connectivity index (χ1) is 8.27. The molecule has 2 atom stereocenters. The minimum Gasteiger partial charge on any atom is -0.381 e. The maximum Gasteiger partial charge on any atom is 0.0620 e. The van der Waals surface area contributed by atoms with Crippen molar-refractivity contribution in [3.05, 3.63) is 0 Å². The van der Waals surface area contributed by atoms with Crippen LogP contribution in [0.25, 0.3) is 0 Å². The Kier molecular flexibility index (Phi) is 5.22. The average molecular weight is 242 g/mol. The molecule has 2 saturated heterocycles. The van der Waals surface area contributed by atoms with Gasteiger partial charge in [-0.15, -0.1) is 0 Å². The van der Waals surface area contributed by atoms with Gasteiger partial charge in [0.15, 0.2) is 0 Å². The van der Waals surface area contributed by atoms with E-state index in [1.807, 2.05) is 0 Å². The molecule has 0 amide bonds. The highest BCUT2D eigenvalue weighted by Gasteiger charge is 2.24. The van der Waals surface area contributed by atoms with Gasteiger partial charge in [-0.1, -0.05) is 0 Å². The molecule has 17 heavy (non-hydrogen) atoms. The third-order valence-corrected chi connectivity index (χ3v) is 4.09. The summed E-state index contributed by atoms with van der Waals surface area (Å²) in [5.74, 6) is 0. The third kappa shape index (κ3) is 3.91. The first-order valence-corrected chi connectivity index (χ1v) is 6.88. The van der Waals surface area contributed by atoms with Gasteiger partial charge in [0.05, 0.1) is 13.2 Å². The van der Waals surface area contributed by atoms with Gasteiger partial charge >= 0.3 is 0 Å². The van der Waals surface area contributed by atoms with Crippen LogP contribution in [0.4, 0.5) is 0 Å². The Bertz CT molecular complexity index is 213. The fraction of sp³-hybridized carbons (Fsp3) is 1.00. The molecule has 0 spiro atoms. The Hall–Kier alpha value is -0.160. The zero-order valence-corrected chi connectivity index (χ0v) is 11.2. The van der Waals surface area contributed by atoms with E-state index in [1.165, 1.54) is 19.3 Å². The zero-order chi connectivity index (χ0) is 12.1. The summed E-state index contributed by atoms with van der Waals surface area (Å²) in [6.45, 7) is 6.90. The van der Waals surface area contributed by atoms with Gasteiger partial charge in [0.2, 0.25) is 0 Å². The summed E-state index contributed by atoms with van der Waals surface area (Å²) in [5, 5.41) is 3.53. The number of nitrogens with one attached hydrogen (secondary N) is 1. The Morgan fingerprint density at radius 3 is 2.65 bits per heavy atom. The summed E-state index contributed by atoms with van der Waals surface area (Å²) in [6, 6.07) is 1.83. The first-order valence-electron chi connectivity index (χ1n) is 6.88. The van der Waals surface area contributed by atoms with Crippen LogP contribution in [0.1, 0.15) is 26.2 Å². The highest BCUT2D eigenvalue weighted by molar-refractivity contribution is 4.81. The van der Waals surface area contributed by atoms with E-state index in [0.29, 0.717) is 18.1 Å². The Morgan fingerprint density at radius 2 is 2.00 bits per heavy atom. The highest BCUT2D eigenvalue weighted by Crippen LogP contribution is 2.18. The summed E-state index contributed by atoms with van der Waals surface area (Å²) in [6.07, 6.45) is 3.53. The van der Waals surface area contributed by atoms with Crippen LogP contribution in [0.15, 0.2) is 0 Å². The molecule has 100 valence electrons. The monoisotopic (exact) mass is 242 g/mol. The van der Waals surface area contributed by atoms with E-state index in [1.54, 1.807) is 0 Å². The van der Waals surface area contributed by atoms with Crippen LogP contribution < -0.4 is 5.32 Å². The molecule has 0 aromatic carbocycles. The molecule has 0 aromatic rings. The number of ether oxygens (including phenoxy) is 2. The Labute approximate surface area is 105 Å². The maximum atomic E-state index is 5.51. The quantitative estimate of drug-likeness (QED) is 0.793. The van der Waals surface area contributed by atoms with Crippen molar-refractivity contribution in [3.63, 3.8) is 0 Å². The molecule has 2 aliphatic rings. The summed E-state index contributed by atoms with van der Waals surface area (Å²) < 4.78 is 10.9. The molecular formula is C13H26N2O2. The van der Waals surface area contributed by atoms with E-state index in [4.69, 9.17) is 9.47 Å². The van der Waals surface area contributed by atoms with Crippen LogP contribution in [0.5, 0.6) is 0 Å². The summed E-state index contributed by atoms with van der Waals surface area (Å²) >= 11 is 0. The molecule has 0 saturated carbocycles. The molecule has 4 heteroatoms. The first kappa shape index (κ1) is 13.3. The van der Waals surface area contributed by atoms with Crippen LogP contribution in [0.2, 0.25) is 0 Å². The minimum atomic E-state index is 0.529. The highest BCUT2D eigenvalue weighted by atomic mass is 16.5. The van der Waals surface area contributed by atoms with Crippen molar-refractivity contribution < 1.29 is 9.47 Å². The predicted octanol–water partition coefficient (Wildman–Crippen LogP) is 0.864. The zero-order valence-electron chi connectivity index (χ0n) is 11.2. The molecule has 1 N–H and O–H groups in total. The molecule has 2 aliphatic heterocycles. The van der Waals surface area contributed by atoms with E-state index in [-0.39, 0.29) is 0 Å². The van der Waals surface area contributed by atoms with E-state index < -0.39 is 0 Å². The lowest BCUT2D eigenvalue weighted by molar-refractivity contribution is 0.0205. The topological polar surface area (TPSA) is 33.7 Å². The van der Waals surface area contributed by atoms with Crippen molar-refractivity contribution in [2.75, 3.05) is 40.0 Å². The molecule has 2 fully saturated rings. The molecule has 2 unspecified atom stereocenters. The van der Waals surface area contributed by atoms with Crippen LogP contribution >= 0.6 is 0 Å². The van der Waals surface area contributed by atoms with Gasteiger partial charge in [0.1, 0.15) is 0 Å². The number of rotatable bonds is 4. The molecule has 0 bridgehead atoms. The van der Waals surface area contributed by atoms with Gasteiger partial charge in [-0.25, -0.2) is 0 Å². The lowest BCUT2D eigenvalue weighted by Crippen LogP contribution is -2.48. The van der Waals surface area contributed by atoms with Gasteiger partial charge in [-0.3, -0.25) is 0 Å². The predicted molar refractivity (Wildman–Crippen MR) is 68.3 cm³/mol. The summed E-state index contributed by atoms with van der Waals surface area (Å²) in [5.41, 5.74) is 0. The second-order valence-corrected chi connectivity index (χ2v) is 5.32. The van der Waals surface area contributed by atoms with Crippen LogP contribution in [-0.4, -0.2) is 63.0 Å². The van der Waals surface area contributed by atoms with Crippen molar-refractivity contribution in [2.24, 2.45) is 0 Å². The van der Waals surface area contributed by atoms with Gasteiger partial charge < -0.3 is 19.7 Å². The van der Waals surface area contributed by atoms with Crippen molar-refractivity contribution >= 4 is 0 Å². The fourth-order valence-corrected chi connectivity index (χ4v) is 2.80. The van der Waals surface area contributed by atoms with Crippen LogP contribution in [-0.2, 0) is 9.47 Å². The minimum absolute atomic E-state index is 0.529. The molecule has 2 rings (SSSR count). The normalized spacial score (nSPS) is 29.5. The van der Waals surface area contributed by atoms with Crippen LogP contribution in [0.3, 0.4) is 0 Å². The van der Waals surface area contributed by atoms with Crippen molar-refractivity contribution in [2.45, 2.75) is 44.3 Å². The van der Waals surface area contributed by atoms with Crippen molar-refractivity contribution in [1.82, 2.24) is 10.2 Å². The standard InChI is InChI=1S/C13H26N2O2/c1-11(9-12-10-17-8-5-14-12)15(2)13-3-6-16-7-4-13/h11-14H,3-10H2,1-2H3. The maximum absolute atomic E-state index is 5.51. The van der Waals surface area contributed by atoms with Gasteiger partial charge in [-0.05, 0) is 33.2 Å². The van der Waals surface area contributed by atoms with E-state index in [9.17, 15) is 0 Å². The largest absolute Gasteiger partial charge is 0.381 e. The number of hydrogen-bond acceptors (Lipinski definition) is 4. The fourth-order valence-electron chi connectivity index (χ4n) is 2.80. The number of morpholine rings is 1.